The Kier molecular flexibility index (Phi) is 8.01. The lowest BCUT2D eigenvalue weighted by molar-refractivity contribution is -0.116. The van der Waals surface area contributed by atoms with Crippen LogP contribution in [0.2, 0.25) is 0 Å². The van der Waals surface area contributed by atoms with Crippen molar-refractivity contribution in [3.05, 3.63) is 71.8 Å². The van der Waals surface area contributed by atoms with E-state index in [0.717, 1.165) is 11.1 Å². The van der Waals surface area contributed by atoms with Gasteiger partial charge in [0.15, 0.2) is 0 Å². The summed E-state index contributed by atoms with van der Waals surface area (Å²) in [4.78, 5) is 2.18. The number of benzene rings is 2. The smallest absolute Gasteiger partial charge is 0.0928 e. The summed E-state index contributed by atoms with van der Waals surface area (Å²) in [5, 5.41) is 20.5. The second kappa shape index (κ2) is 10.7. The number of aliphatic hydroxyl groups excluding tert-OH is 2. The molecule has 0 aromatic heterocycles. The quantitative estimate of drug-likeness (QED) is 0.650. The molecule has 3 rings (SSSR count). The normalized spacial score (nSPS) is 25.7. The summed E-state index contributed by atoms with van der Waals surface area (Å²) < 4.78 is 11.8. The zero-order valence-corrected chi connectivity index (χ0v) is 16.5. The molecular weight excluding hydrogens is 354 g/mol. The number of ether oxygens (including phenoxy) is 2. The van der Waals surface area contributed by atoms with Crippen LogP contribution in [0.1, 0.15) is 18.1 Å². The fourth-order valence-corrected chi connectivity index (χ4v) is 3.73. The number of aliphatic hydroxyl groups is 2. The molecule has 0 spiro atoms. The minimum Gasteiger partial charge on any atom is -0.390 e. The van der Waals surface area contributed by atoms with Gasteiger partial charge in [0.05, 0.1) is 38.6 Å². The van der Waals surface area contributed by atoms with E-state index < -0.39 is 12.2 Å². The molecule has 0 radical (unpaired) electrons. The van der Waals surface area contributed by atoms with Crippen molar-refractivity contribution in [1.82, 2.24) is 4.90 Å². The molecule has 2 aromatic carbocycles. The van der Waals surface area contributed by atoms with Gasteiger partial charge >= 0.3 is 0 Å². The van der Waals surface area contributed by atoms with E-state index in [1.807, 2.05) is 67.6 Å². The molecule has 4 atom stereocenters. The molecular formula is C23H31NO4. The molecule has 0 amide bonds. The average Bonchev–Trinajstić information content (AvgIpc) is 2.73. The fraction of sp³-hybridized carbons (Fsp3) is 0.478. The van der Waals surface area contributed by atoms with E-state index in [9.17, 15) is 10.2 Å². The Labute approximate surface area is 167 Å². The summed E-state index contributed by atoms with van der Waals surface area (Å²) in [6.45, 7) is 5.30. The van der Waals surface area contributed by atoms with Crippen molar-refractivity contribution in [2.45, 2.75) is 38.4 Å². The summed E-state index contributed by atoms with van der Waals surface area (Å²) in [7, 11) is 0. The van der Waals surface area contributed by atoms with Crippen LogP contribution in [0.15, 0.2) is 60.7 Å². The van der Waals surface area contributed by atoms with Crippen molar-refractivity contribution in [2.75, 3.05) is 26.3 Å². The second-order valence-corrected chi connectivity index (χ2v) is 7.52. The Morgan fingerprint density at radius 1 is 0.893 bits per heavy atom. The number of piperidine rings is 1. The number of hydrogen-bond acceptors (Lipinski definition) is 5. The van der Waals surface area contributed by atoms with E-state index in [2.05, 4.69) is 4.90 Å². The molecule has 1 heterocycles. The molecule has 2 N–H and O–H groups in total. The molecule has 2 aromatic rings. The van der Waals surface area contributed by atoms with E-state index >= 15 is 0 Å². The summed E-state index contributed by atoms with van der Waals surface area (Å²) in [5.41, 5.74) is 2.28. The van der Waals surface area contributed by atoms with Crippen molar-refractivity contribution in [1.29, 1.82) is 0 Å². The lowest BCUT2D eigenvalue weighted by atomic mass is 9.87. The van der Waals surface area contributed by atoms with Crippen LogP contribution in [0.25, 0.3) is 0 Å². The van der Waals surface area contributed by atoms with Gasteiger partial charge in [0.25, 0.3) is 0 Å². The van der Waals surface area contributed by atoms with Gasteiger partial charge in [-0.15, -0.1) is 0 Å². The van der Waals surface area contributed by atoms with E-state index in [4.69, 9.17) is 9.47 Å². The van der Waals surface area contributed by atoms with Crippen molar-refractivity contribution in [3.63, 3.8) is 0 Å². The first-order valence-corrected chi connectivity index (χ1v) is 9.98. The molecule has 1 saturated heterocycles. The maximum atomic E-state index is 10.3. The summed E-state index contributed by atoms with van der Waals surface area (Å²) in [5.74, 6) is -0.0753. The Morgan fingerprint density at radius 3 is 2.07 bits per heavy atom. The zero-order valence-electron chi connectivity index (χ0n) is 16.5. The molecule has 0 aliphatic carbocycles. The molecule has 0 saturated carbocycles. The minimum absolute atomic E-state index is 0.0439. The number of hydrogen-bond donors (Lipinski definition) is 2. The number of likely N-dealkylation sites (tertiary alicyclic amines) is 1. The fourth-order valence-electron chi connectivity index (χ4n) is 3.73. The maximum absolute atomic E-state index is 10.3. The third kappa shape index (κ3) is 5.87. The Hall–Kier alpha value is -1.76. The van der Waals surface area contributed by atoms with Crippen molar-refractivity contribution in [2.24, 2.45) is 5.92 Å². The summed E-state index contributed by atoms with van der Waals surface area (Å²) >= 11 is 0. The first-order chi connectivity index (χ1) is 13.6. The predicted octanol–water partition coefficient (Wildman–Crippen LogP) is 2.46. The number of nitrogens with zero attached hydrogens (tertiary/aromatic N) is 1. The second-order valence-electron chi connectivity index (χ2n) is 7.52. The summed E-state index contributed by atoms with van der Waals surface area (Å²) in [6.07, 6.45) is -1.47. The van der Waals surface area contributed by atoms with Crippen LogP contribution in [-0.2, 0) is 22.7 Å². The average molecular weight is 386 g/mol. The van der Waals surface area contributed by atoms with Crippen LogP contribution in [0.4, 0.5) is 0 Å². The van der Waals surface area contributed by atoms with Gasteiger partial charge in [0, 0.05) is 25.0 Å². The Morgan fingerprint density at radius 2 is 1.46 bits per heavy atom. The highest BCUT2D eigenvalue weighted by Gasteiger charge is 2.39. The van der Waals surface area contributed by atoms with Gasteiger partial charge in [0.1, 0.15) is 0 Å². The lowest BCUT2D eigenvalue weighted by Crippen LogP contribution is -2.59. The highest BCUT2D eigenvalue weighted by molar-refractivity contribution is 5.14. The largest absolute Gasteiger partial charge is 0.390 e. The molecule has 28 heavy (non-hydrogen) atoms. The molecule has 5 heteroatoms. The van der Waals surface area contributed by atoms with Gasteiger partial charge in [-0.3, -0.25) is 4.90 Å². The van der Waals surface area contributed by atoms with Crippen LogP contribution in [-0.4, -0.2) is 59.7 Å². The lowest BCUT2D eigenvalue weighted by Gasteiger charge is -2.44. The minimum atomic E-state index is -0.741. The topological polar surface area (TPSA) is 62.2 Å². The SMILES string of the molecule is CC1C(O)C(O)CN(CCOCc2ccccc2)C1COCc1ccccc1. The van der Waals surface area contributed by atoms with E-state index in [1.165, 1.54) is 0 Å². The van der Waals surface area contributed by atoms with Crippen LogP contribution in [0.5, 0.6) is 0 Å². The zero-order chi connectivity index (χ0) is 19.8. The van der Waals surface area contributed by atoms with Crippen LogP contribution in [0.3, 0.4) is 0 Å². The van der Waals surface area contributed by atoms with Gasteiger partial charge in [-0.2, -0.15) is 0 Å². The molecule has 5 nitrogen and oxygen atoms in total. The van der Waals surface area contributed by atoms with Gasteiger partial charge < -0.3 is 19.7 Å². The summed E-state index contributed by atoms with van der Waals surface area (Å²) in [6, 6.07) is 20.2. The molecule has 1 aliphatic heterocycles. The maximum Gasteiger partial charge on any atom is 0.0928 e. The predicted molar refractivity (Wildman–Crippen MR) is 109 cm³/mol. The highest BCUT2D eigenvalue weighted by Crippen LogP contribution is 2.25. The molecule has 152 valence electrons. The van der Waals surface area contributed by atoms with E-state index in [1.54, 1.807) is 0 Å². The first-order valence-electron chi connectivity index (χ1n) is 9.98. The monoisotopic (exact) mass is 385 g/mol. The van der Waals surface area contributed by atoms with Crippen LogP contribution >= 0.6 is 0 Å². The van der Waals surface area contributed by atoms with Gasteiger partial charge in [-0.25, -0.2) is 0 Å². The van der Waals surface area contributed by atoms with Crippen molar-refractivity contribution >= 4 is 0 Å². The van der Waals surface area contributed by atoms with Crippen LogP contribution in [0, 0.1) is 5.92 Å². The van der Waals surface area contributed by atoms with Crippen molar-refractivity contribution in [3.8, 4) is 0 Å². The van der Waals surface area contributed by atoms with E-state index in [-0.39, 0.29) is 12.0 Å². The highest BCUT2D eigenvalue weighted by atomic mass is 16.5. The third-order valence-electron chi connectivity index (χ3n) is 5.46. The Balaban J connectivity index is 1.50. The van der Waals surface area contributed by atoms with E-state index in [0.29, 0.717) is 39.5 Å². The van der Waals surface area contributed by atoms with Gasteiger partial charge in [-0.05, 0) is 11.1 Å². The standard InChI is InChI=1S/C23H31NO4/c1-18-21(17-28-16-20-10-6-3-7-11-20)24(14-22(25)23(18)26)12-13-27-15-19-8-4-2-5-9-19/h2-11,18,21-23,25-26H,12-17H2,1H3. The van der Waals surface area contributed by atoms with Gasteiger partial charge in [0.2, 0.25) is 0 Å². The molecule has 1 fully saturated rings. The third-order valence-corrected chi connectivity index (χ3v) is 5.46. The number of rotatable bonds is 9. The molecule has 0 bridgehead atoms. The molecule has 4 unspecified atom stereocenters. The van der Waals surface area contributed by atoms with Crippen LogP contribution < -0.4 is 0 Å². The Bertz CT molecular complexity index is 682. The first kappa shape index (κ1) is 21.0. The number of β-amino-alcohol motifs (C(OH)–C–C–N with tert-alkyl or cyclic N) is 1. The van der Waals surface area contributed by atoms with Crippen molar-refractivity contribution < 1.29 is 19.7 Å². The van der Waals surface area contributed by atoms with Gasteiger partial charge in [-0.1, -0.05) is 67.6 Å². The molecule has 1 aliphatic rings.